The average molecular weight is 443 g/mol. The third-order valence-corrected chi connectivity index (χ3v) is 7.17. The molecular weight excluding hydrogens is 407 g/mol. The van der Waals surface area contributed by atoms with Gasteiger partial charge >= 0.3 is 0 Å². The third kappa shape index (κ3) is 4.63. The molecule has 0 saturated carbocycles. The molecule has 0 bridgehead atoms. The molecule has 1 saturated heterocycles. The van der Waals surface area contributed by atoms with Crippen LogP contribution in [0, 0.1) is 11.7 Å². The van der Waals surface area contributed by atoms with Crippen molar-refractivity contribution in [3.8, 4) is 11.5 Å². The lowest BCUT2D eigenvalue weighted by atomic mass is 9.83. The van der Waals surface area contributed by atoms with Crippen molar-refractivity contribution >= 4 is 0 Å². The summed E-state index contributed by atoms with van der Waals surface area (Å²) in [5.41, 5.74) is 3.57. The zero-order valence-corrected chi connectivity index (χ0v) is 19.6. The van der Waals surface area contributed by atoms with Crippen molar-refractivity contribution in [2.45, 2.75) is 44.4 Å². The van der Waals surface area contributed by atoms with E-state index in [1.54, 1.807) is 26.4 Å². The maximum absolute atomic E-state index is 13.3. The van der Waals surface area contributed by atoms with Gasteiger partial charge in [0.15, 0.2) is 11.5 Å². The van der Waals surface area contributed by atoms with Crippen molar-refractivity contribution in [1.29, 1.82) is 0 Å². The zero-order chi connectivity index (χ0) is 22.7. The van der Waals surface area contributed by atoms with Gasteiger partial charge < -0.3 is 19.5 Å². The Kier molecular flexibility index (Phi) is 7.33. The molecule has 3 unspecified atom stereocenters. The fourth-order valence-electron chi connectivity index (χ4n) is 5.30. The summed E-state index contributed by atoms with van der Waals surface area (Å²) in [4.78, 5) is 2.50. The molecule has 0 spiro atoms. The van der Waals surface area contributed by atoms with E-state index in [1.165, 1.54) is 16.7 Å². The Morgan fingerprint density at radius 1 is 1.09 bits per heavy atom. The van der Waals surface area contributed by atoms with E-state index < -0.39 is 0 Å². The topological polar surface area (TPSA) is 43.0 Å². The normalized spacial score (nSPS) is 22.9. The minimum absolute atomic E-state index is 0.00437. The van der Waals surface area contributed by atoms with Crippen LogP contribution in [0.2, 0.25) is 0 Å². The van der Waals surface area contributed by atoms with Crippen LogP contribution in [0.3, 0.4) is 0 Å². The van der Waals surface area contributed by atoms with Crippen molar-refractivity contribution in [3.05, 3.63) is 58.9 Å². The molecule has 1 fully saturated rings. The molecule has 2 aromatic rings. The highest BCUT2D eigenvalue weighted by molar-refractivity contribution is 5.52. The van der Waals surface area contributed by atoms with Gasteiger partial charge in [-0.25, -0.2) is 4.39 Å². The smallest absolute Gasteiger partial charge is 0.164 e. The first-order valence-corrected chi connectivity index (χ1v) is 11.6. The van der Waals surface area contributed by atoms with Gasteiger partial charge in [-0.1, -0.05) is 18.2 Å². The Morgan fingerprint density at radius 2 is 1.81 bits per heavy atom. The monoisotopic (exact) mass is 442 g/mol. The fraction of sp³-hybridized carbons (Fsp3) is 0.538. The summed E-state index contributed by atoms with van der Waals surface area (Å²) in [6, 6.07) is 11.3. The van der Waals surface area contributed by atoms with Crippen molar-refractivity contribution in [2.75, 3.05) is 40.9 Å². The number of nitrogens with one attached hydrogen (secondary N) is 1. The molecule has 3 atom stereocenters. The second kappa shape index (κ2) is 10.2. The van der Waals surface area contributed by atoms with E-state index >= 15 is 0 Å². The highest BCUT2D eigenvalue weighted by atomic mass is 19.1. The van der Waals surface area contributed by atoms with Gasteiger partial charge in [0.2, 0.25) is 0 Å². The van der Waals surface area contributed by atoms with Crippen molar-refractivity contribution in [2.24, 2.45) is 5.92 Å². The number of nitrogens with zero attached hydrogens (tertiary/aromatic N) is 1. The molecule has 2 aliphatic rings. The number of methoxy groups -OCH3 is 2. The number of fused-ring (bicyclic) bond motifs is 1. The lowest BCUT2D eigenvalue weighted by molar-refractivity contribution is -0.0690. The summed E-state index contributed by atoms with van der Waals surface area (Å²) in [5, 5.41) is 3.28. The molecule has 2 aromatic carbocycles. The Morgan fingerprint density at radius 3 is 2.44 bits per heavy atom. The van der Waals surface area contributed by atoms with Crippen LogP contribution in [0.25, 0.3) is 0 Å². The first-order valence-electron chi connectivity index (χ1n) is 11.6. The number of likely N-dealkylation sites (N-methyl/N-ethyl adjacent to an activating group) is 1. The maximum atomic E-state index is 13.3. The number of likely N-dealkylation sites (tertiary alicyclic amines) is 1. The quantitative estimate of drug-likeness (QED) is 0.683. The average Bonchev–Trinajstić information content (AvgIpc) is 2.83. The number of benzene rings is 2. The Labute approximate surface area is 190 Å². The summed E-state index contributed by atoms with van der Waals surface area (Å²) in [7, 11) is 5.36. The molecule has 0 aromatic heterocycles. The van der Waals surface area contributed by atoms with Gasteiger partial charge in [-0.15, -0.1) is 0 Å². The van der Waals surface area contributed by atoms with Crippen LogP contribution in [-0.4, -0.2) is 51.9 Å². The Hall–Kier alpha value is -2.15. The molecule has 4 rings (SSSR count). The van der Waals surface area contributed by atoms with E-state index in [0.717, 1.165) is 50.4 Å². The molecule has 5 nitrogen and oxygen atoms in total. The van der Waals surface area contributed by atoms with Gasteiger partial charge in [-0.05, 0) is 75.1 Å². The van der Waals surface area contributed by atoms with Crippen LogP contribution in [0.4, 0.5) is 4.39 Å². The Balaban J connectivity index is 1.47. The summed E-state index contributed by atoms with van der Waals surface area (Å²) >= 11 is 0. The standard InChI is InChI=1S/C26H35FN2O3/c1-17(18-5-7-20(27)8-6-18)29-13-11-19(12-14-29)24-15-22-21(25(32-24)16-28-2)9-10-23(30-3)26(22)31-4/h5-10,17,19,24-25,28H,11-16H2,1-4H3. The maximum Gasteiger partial charge on any atom is 0.164 e. The Bertz CT molecular complexity index is 897. The summed E-state index contributed by atoms with van der Waals surface area (Å²) in [6.07, 6.45) is 3.18. The predicted molar refractivity (Wildman–Crippen MR) is 124 cm³/mol. The lowest BCUT2D eigenvalue weighted by Crippen LogP contribution is -2.43. The second-order valence-corrected chi connectivity index (χ2v) is 8.89. The summed E-state index contributed by atoms with van der Waals surface area (Å²) < 4.78 is 31.3. The zero-order valence-electron chi connectivity index (χ0n) is 19.6. The van der Waals surface area contributed by atoms with Crippen LogP contribution in [-0.2, 0) is 11.2 Å². The van der Waals surface area contributed by atoms with Gasteiger partial charge in [0.1, 0.15) is 5.82 Å². The number of piperidine rings is 1. The highest BCUT2D eigenvalue weighted by Gasteiger charge is 2.37. The molecule has 0 aliphatic carbocycles. The van der Waals surface area contributed by atoms with E-state index in [-0.39, 0.29) is 24.1 Å². The van der Waals surface area contributed by atoms with Gasteiger partial charge in [0.05, 0.1) is 26.4 Å². The van der Waals surface area contributed by atoms with Crippen molar-refractivity contribution < 1.29 is 18.6 Å². The van der Waals surface area contributed by atoms with E-state index in [9.17, 15) is 4.39 Å². The van der Waals surface area contributed by atoms with Gasteiger partial charge in [-0.3, -0.25) is 4.90 Å². The molecule has 1 N–H and O–H groups in total. The summed E-state index contributed by atoms with van der Waals surface area (Å²) in [6.45, 7) is 5.00. The van der Waals surface area contributed by atoms with Crippen LogP contribution in [0.15, 0.2) is 36.4 Å². The number of hydrogen-bond donors (Lipinski definition) is 1. The van der Waals surface area contributed by atoms with Gasteiger partial charge in [0, 0.05) is 24.6 Å². The van der Waals surface area contributed by atoms with Crippen LogP contribution in [0.1, 0.15) is 48.6 Å². The minimum atomic E-state index is -0.183. The number of hydrogen-bond acceptors (Lipinski definition) is 5. The molecule has 0 amide bonds. The molecule has 0 radical (unpaired) electrons. The largest absolute Gasteiger partial charge is 0.493 e. The molecule has 32 heavy (non-hydrogen) atoms. The van der Waals surface area contributed by atoms with Crippen LogP contribution < -0.4 is 14.8 Å². The first-order chi connectivity index (χ1) is 15.5. The van der Waals surface area contributed by atoms with Crippen molar-refractivity contribution in [1.82, 2.24) is 10.2 Å². The molecule has 174 valence electrons. The van der Waals surface area contributed by atoms with Crippen molar-refractivity contribution in [3.63, 3.8) is 0 Å². The van der Waals surface area contributed by atoms with Gasteiger partial charge in [-0.2, -0.15) is 0 Å². The van der Waals surface area contributed by atoms with E-state index in [2.05, 4.69) is 23.2 Å². The van der Waals surface area contributed by atoms with E-state index in [4.69, 9.17) is 14.2 Å². The number of rotatable bonds is 7. The second-order valence-electron chi connectivity index (χ2n) is 8.89. The molecular formula is C26H35FN2O3. The fourth-order valence-corrected chi connectivity index (χ4v) is 5.30. The SMILES string of the molecule is CNCC1OC(C2CCN(C(C)c3ccc(F)cc3)CC2)Cc2c1ccc(OC)c2OC. The molecule has 6 heteroatoms. The van der Waals surface area contributed by atoms with Crippen LogP contribution in [0.5, 0.6) is 11.5 Å². The lowest BCUT2D eigenvalue weighted by Gasteiger charge is -2.42. The predicted octanol–water partition coefficient (Wildman–Crippen LogP) is 4.52. The summed E-state index contributed by atoms with van der Waals surface area (Å²) in [5.74, 6) is 1.92. The van der Waals surface area contributed by atoms with E-state index in [0.29, 0.717) is 5.92 Å². The minimum Gasteiger partial charge on any atom is -0.493 e. The first kappa shape index (κ1) is 23.0. The number of halogens is 1. The molecule has 2 aliphatic heterocycles. The van der Waals surface area contributed by atoms with E-state index in [1.807, 2.05) is 25.2 Å². The third-order valence-electron chi connectivity index (χ3n) is 7.17. The van der Waals surface area contributed by atoms with Gasteiger partial charge in [0.25, 0.3) is 0 Å². The highest BCUT2D eigenvalue weighted by Crippen LogP contribution is 2.43. The number of ether oxygens (including phenoxy) is 3. The van der Waals surface area contributed by atoms with Crippen LogP contribution >= 0.6 is 0 Å². The molecule has 2 heterocycles.